The Bertz CT molecular complexity index is 867. The predicted molar refractivity (Wildman–Crippen MR) is 95.8 cm³/mol. The van der Waals surface area contributed by atoms with Crippen molar-refractivity contribution in [2.45, 2.75) is 0 Å². The van der Waals surface area contributed by atoms with E-state index in [9.17, 15) is 9.59 Å². The summed E-state index contributed by atoms with van der Waals surface area (Å²) >= 11 is 9.31. The van der Waals surface area contributed by atoms with Gasteiger partial charge in [-0.2, -0.15) is 0 Å². The molecular weight excluding hydrogens is 396 g/mol. The van der Waals surface area contributed by atoms with Crippen LogP contribution in [0.2, 0.25) is 5.02 Å². The largest absolute Gasteiger partial charge is 0.496 e. The van der Waals surface area contributed by atoms with E-state index in [0.29, 0.717) is 22.0 Å². The van der Waals surface area contributed by atoms with Crippen molar-refractivity contribution >= 4 is 51.1 Å². The van der Waals surface area contributed by atoms with Gasteiger partial charge in [-0.25, -0.2) is 5.01 Å². The van der Waals surface area contributed by atoms with Crippen LogP contribution in [0.5, 0.6) is 5.75 Å². The van der Waals surface area contributed by atoms with Crippen LogP contribution in [0.3, 0.4) is 0 Å². The van der Waals surface area contributed by atoms with Crippen LogP contribution >= 0.6 is 27.5 Å². The number of carbonyl (C=O) groups excluding carboxylic acids is 2. The summed E-state index contributed by atoms with van der Waals surface area (Å²) in [6.45, 7) is 0. The standard InChI is InChI=1S/C17H12BrClN2O3/c1-24-15-6-5-11(18)7-10(15)8-14-16(22)20-21(17(14)23)13-4-2-3-12(19)9-13/h2-9H,1H3,(H,20,22)/b14-8+. The third-order valence-corrected chi connectivity index (χ3v) is 4.18. The summed E-state index contributed by atoms with van der Waals surface area (Å²) in [4.78, 5) is 24.8. The number of nitrogens with one attached hydrogen (secondary N) is 1. The van der Waals surface area contributed by atoms with Crippen molar-refractivity contribution in [3.63, 3.8) is 0 Å². The fourth-order valence-electron chi connectivity index (χ4n) is 2.33. The number of nitrogens with zero attached hydrogens (tertiary/aromatic N) is 1. The van der Waals surface area contributed by atoms with Gasteiger partial charge in [-0.05, 0) is 42.5 Å². The molecular formula is C17H12BrClN2O3. The average Bonchev–Trinajstić information content (AvgIpc) is 2.83. The maximum absolute atomic E-state index is 12.6. The molecule has 7 heteroatoms. The van der Waals surface area contributed by atoms with Gasteiger partial charge in [0, 0.05) is 15.1 Å². The van der Waals surface area contributed by atoms with Crippen LogP contribution in [-0.2, 0) is 9.59 Å². The van der Waals surface area contributed by atoms with Gasteiger partial charge in [0.1, 0.15) is 11.3 Å². The third-order valence-electron chi connectivity index (χ3n) is 3.45. The number of hydrogen-bond donors (Lipinski definition) is 1. The zero-order valence-electron chi connectivity index (χ0n) is 12.5. The lowest BCUT2D eigenvalue weighted by atomic mass is 10.1. The van der Waals surface area contributed by atoms with Crippen LogP contribution in [0.25, 0.3) is 6.08 Å². The molecule has 1 aliphatic heterocycles. The number of hydrazine groups is 1. The molecule has 3 rings (SSSR count). The molecule has 0 unspecified atom stereocenters. The molecule has 0 aliphatic carbocycles. The quantitative estimate of drug-likeness (QED) is 0.625. The summed E-state index contributed by atoms with van der Waals surface area (Å²) in [6.07, 6.45) is 1.51. The molecule has 0 aromatic heterocycles. The fraction of sp³-hybridized carbons (Fsp3) is 0.0588. The van der Waals surface area contributed by atoms with Gasteiger partial charge in [0.2, 0.25) is 0 Å². The van der Waals surface area contributed by atoms with Crippen LogP contribution in [0.15, 0.2) is 52.5 Å². The molecule has 24 heavy (non-hydrogen) atoms. The van der Waals surface area contributed by atoms with Gasteiger partial charge in [0.25, 0.3) is 11.8 Å². The van der Waals surface area contributed by atoms with E-state index < -0.39 is 11.8 Å². The van der Waals surface area contributed by atoms with E-state index in [1.54, 1.807) is 36.4 Å². The van der Waals surface area contributed by atoms with Gasteiger partial charge in [0.15, 0.2) is 0 Å². The summed E-state index contributed by atoms with van der Waals surface area (Å²) in [6, 6.07) is 12.0. The second kappa shape index (κ2) is 6.67. The Kier molecular flexibility index (Phi) is 4.59. The van der Waals surface area contributed by atoms with Gasteiger partial charge in [0.05, 0.1) is 12.8 Å². The molecule has 5 nitrogen and oxygen atoms in total. The van der Waals surface area contributed by atoms with Crippen LogP contribution in [0.4, 0.5) is 5.69 Å². The molecule has 122 valence electrons. The molecule has 1 saturated heterocycles. The molecule has 1 heterocycles. The van der Waals surface area contributed by atoms with Gasteiger partial charge in [-0.1, -0.05) is 33.6 Å². The zero-order chi connectivity index (χ0) is 17.3. The molecule has 1 N–H and O–H groups in total. The van der Waals surface area contributed by atoms with Gasteiger partial charge < -0.3 is 4.74 Å². The van der Waals surface area contributed by atoms with Crippen molar-refractivity contribution in [1.29, 1.82) is 0 Å². The van der Waals surface area contributed by atoms with Crippen molar-refractivity contribution in [2.75, 3.05) is 12.1 Å². The first-order valence-corrected chi connectivity index (χ1v) is 8.13. The first-order chi connectivity index (χ1) is 11.5. The minimum atomic E-state index is -0.484. The highest BCUT2D eigenvalue weighted by Crippen LogP contribution is 2.28. The number of anilines is 1. The number of ether oxygens (including phenoxy) is 1. The molecule has 2 aromatic rings. The molecule has 0 saturated carbocycles. The average molecular weight is 408 g/mol. The first kappa shape index (κ1) is 16.5. The van der Waals surface area contributed by atoms with Gasteiger partial charge in [-0.3, -0.25) is 15.0 Å². The van der Waals surface area contributed by atoms with E-state index in [2.05, 4.69) is 21.4 Å². The number of methoxy groups -OCH3 is 1. The van der Waals surface area contributed by atoms with Crippen LogP contribution in [-0.4, -0.2) is 18.9 Å². The highest BCUT2D eigenvalue weighted by molar-refractivity contribution is 9.10. The summed E-state index contributed by atoms with van der Waals surface area (Å²) in [5.41, 5.74) is 3.67. The lowest BCUT2D eigenvalue weighted by Crippen LogP contribution is -2.35. The SMILES string of the molecule is COc1ccc(Br)cc1/C=C1\C(=O)NN(c2cccc(Cl)c2)C1=O. The van der Waals surface area contributed by atoms with E-state index in [-0.39, 0.29) is 5.57 Å². The summed E-state index contributed by atoms with van der Waals surface area (Å²) in [5, 5.41) is 1.64. The fourth-order valence-corrected chi connectivity index (χ4v) is 2.89. The second-order valence-electron chi connectivity index (χ2n) is 5.01. The maximum atomic E-state index is 12.6. The van der Waals surface area contributed by atoms with Crippen LogP contribution in [0.1, 0.15) is 5.56 Å². The third kappa shape index (κ3) is 3.16. The van der Waals surface area contributed by atoms with Crippen molar-refractivity contribution < 1.29 is 14.3 Å². The van der Waals surface area contributed by atoms with Crippen LogP contribution < -0.4 is 15.2 Å². The molecule has 2 aromatic carbocycles. The molecule has 0 atom stereocenters. The van der Waals surface area contributed by atoms with Crippen molar-refractivity contribution in [3.05, 3.63) is 63.1 Å². The Morgan fingerprint density at radius 2 is 2.00 bits per heavy atom. The summed E-state index contributed by atoms with van der Waals surface area (Å²) in [7, 11) is 1.53. The molecule has 2 amide bonds. The van der Waals surface area contributed by atoms with Crippen LogP contribution in [0, 0.1) is 0 Å². The van der Waals surface area contributed by atoms with Crippen molar-refractivity contribution in [3.8, 4) is 5.75 Å². The zero-order valence-corrected chi connectivity index (χ0v) is 14.9. The highest BCUT2D eigenvalue weighted by Gasteiger charge is 2.34. The molecule has 1 fully saturated rings. The lowest BCUT2D eigenvalue weighted by molar-refractivity contribution is -0.117. The highest BCUT2D eigenvalue weighted by atomic mass is 79.9. The number of halogens is 2. The number of amides is 2. The Labute approximate surface area is 152 Å². The monoisotopic (exact) mass is 406 g/mol. The molecule has 0 radical (unpaired) electrons. The second-order valence-corrected chi connectivity index (χ2v) is 6.36. The predicted octanol–water partition coefficient (Wildman–Crippen LogP) is 3.57. The number of benzene rings is 2. The Morgan fingerprint density at radius 3 is 2.71 bits per heavy atom. The van der Waals surface area contributed by atoms with Crippen molar-refractivity contribution in [2.24, 2.45) is 0 Å². The van der Waals surface area contributed by atoms with E-state index >= 15 is 0 Å². The minimum Gasteiger partial charge on any atom is -0.496 e. The molecule has 0 spiro atoms. The summed E-state index contributed by atoms with van der Waals surface area (Å²) in [5.74, 6) is -0.376. The first-order valence-electron chi connectivity index (χ1n) is 6.96. The molecule has 0 bridgehead atoms. The number of hydrogen-bond acceptors (Lipinski definition) is 3. The Hall–Kier alpha value is -2.31. The Morgan fingerprint density at radius 1 is 1.21 bits per heavy atom. The maximum Gasteiger partial charge on any atom is 0.282 e. The topological polar surface area (TPSA) is 58.6 Å². The minimum absolute atomic E-state index is 0.0198. The van der Waals surface area contributed by atoms with Gasteiger partial charge >= 0.3 is 0 Å². The summed E-state index contributed by atoms with van der Waals surface area (Å²) < 4.78 is 6.08. The van der Waals surface area contributed by atoms with E-state index in [1.807, 2.05) is 6.07 Å². The van der Waals surface area contributed by atoms with Gasteiger partial charge in [-0.15, -0.1) is 0 Å². The lowest BCUT2D eigenvalue weighted by Gasteiger charge is -2.14. The van der Waals surface area contributed by atoms with Crippen molar-refractivity contribution in [1.82, 2.24) is 5.43 Å². The number of carbonyl (C=O) groups is 2. The molecule has 1 aliphatic rings. The number of rotatable bonds is 3. The van der Waals surface area contributed by atoms with E-state index in [1.165, 1.54) is 18.2 Å². The normalized spacial score (nSPS) is 15.8. The Balaban J connectivity index is 1.99. The van der Waals surface area contributed by atoms with E-state index in [0.717, 1.165) is 4.47 Å². The van der Waals surface area contributed by atoms with E-state index in [4.69, 9.17) is 16.3 Å². The smallest absolute Gasteiger partial charge is 0.282 e.